The topological polar surface area (TPSA) is 85.9 Å². The Morgan fingerprint density at radius 3 is 1.62 bits per heavy atom. The monoisotopic (exact) mass is 385 g/mol. The normalized spacial score (nSPS) is 3.38. The summed E-state index contributed by atoms with van der Waals surface area (Å²) in [5.41, 5.74) is 0. The molecule has 0 aliphatic carbocycles. The number of aliphatic hydroxyl groups excluding tert-OH is 1. The molecule has 0 saturated carbocycles. The first kappa shape index (κ1) is 23.1. The summed E-state index contributed by atoms with van der Waals surface area (Å²) in [6, 6.07) is 0. The van der Waals surface area contributed by atoms with Gasteiger partial charge >= 0.3 is 6.15 Å². The second-order valence-corrected chi connectivity index (χ2v) is 0.0833. The zero-order chi connectivity index (χ0) is 5.41. The Labute approximate surface area is 84.1 Å². The van der Waals surface area contributed by atoms with Crippen molar-refractivity contribution < 1.29 is 69.8 Å². The summed E-state index contributed by atoms with van der Waals surface area (Å²) in [5, 5.41) is 3.50. The molecule has 0 atom stereocenters. The fourth-order valence-corrected chi connectivity index (χ4v) is 0. The fraction of sp³-hybridized carbons (Fsp3) is 0.500. The quantitative estimate of drug-likeness (QED) is 0.534. The molecule has 0 aromatic carbocycles. The first-order valence-corrected chi connectivity index (χ1v) is 0.816. The molecule has 3 N–H and O–H groups in total. The van der Waals surface area contributed by atoms with Gasteiger partial charge in [-0.3, -0.25) is 0 Å². The predicted octanol–water partition coefficient (Wildman–Crippen LogP) is -1.80. The summed E-state index contributed by atoms with van der Waals surface area (Å²) in [4.78, 5) is 16.2. The third kappa shape index (κ3) is 279. The molecular formula is C2H6O4UV. The van der Waals surface area contributed by atoms with Gasteiger partial charge in [-0.25, -0.2) is 0 Å². The Kier molecular flexibility index (Phi) is 294. The molecule has 0 spiro atoms. The molecule has 0 fully saturated rings. The summed E-state index contributed by atoms with van der Waals surface area (Å²) < 4.78 is 5.71. The predicted molar refractivity (Wildman–Crippen MR) is 16.8 cm³/mol. The van der Waals surface area contributed by atoms with Crippen molar-refractivity contribution in [2.45, 2.75) is 0 Å². The zero-order valence-corrected chi connectivity index (χ0v) is 9.73. The molecular weight excluding hydrogens is 377 g/mol. The average molecular weight is 385 g/mol. The van der Waals surface area contributed by atoms with E-state index in [-0.39, 0.29) is 61.3 Å². The minimum atomic E-state index is 0. The molecule has 6 heteroatoms. The molecule has 47 valence electrons. The SMILES string of the molecule is O.O=C=O.[3H]OC.[U].[V]. The van der Waals surface area contributed by atoms with Crippen molar-refractivity contribution in [3.05, 3.63) is 0 Å². The van der Waals surface area contributed by atoms with Crippen LogP contribution in [0.2, 0.25) is 0 Å². The third-order valence-electron chi connectivity index (χ3n) is 0. The average Bonchev–Trinajstić information content (AvgIpc) is 1.39. The second kappa shape index (κ2) is 102. The Balaban J connectivity index is -0.00000000889. The van der Waals surface area contributed by atoms with Gasteiger partial charge in [0.05, 0.1) is 0 Å². The van der Waals surface area contributed by atoms with Crippen LogP contribution in [-0.2, 0) is 28.1 Å². The molecule has 0 aromatic heterocycles. The number of rotatable bonds is 0. The molecule has 1 radical (unpaired) electrons. The first-order valence-electron chi connectivity index (χ1n) is 1.22. The molecule has 0 aliphatic rings. The van der Waals surface area contributed by atoms with Crippen molar-refractivity contribution in [2.75, 3.05) is 7.11 Å². The van der Waals surface area contributed by atoms with Gasteiger partial charge in [0.1, 0.15) is 0 Å². The Morgan fingerprint density at radius 2 is 1.62 bits per heavy atom. The maximum Gasteiger partial charge on any atom is 0.373 e. The van der Waals surface area contributed by atoms with Crippen LogP contribution in [0.15, 0.2) is 0 Å². The summed E-state index contributed by atoms with van der Waals surface area (Å²) in [7, 11) is 1.29. The largest absolute Gasteiger partial charge is 0.412 e. The minimum absolute atomic E-state index is 0. The van der Waals surface area contributed by atoms with Crippen molar-refractivity contribution in [1.82, 2.24) is 0 Å². The molecule has 0 rings (SSSR count). The Bertz CT molecular complexity index is 47.8. The van der Waals surface area contributed by atoms with Gasteiger partial charge < -0.3 is 10.6 Å². The van der Waals surface area contributed by atoms with E-state index in [1.165, 1.54) is 7.11 Å². The maximum absolute atomic E-state index is 8.12. The van der Waals surface area contributed by atoms with Crippen LogP contribution in [0.25, 0.3) is 0 Å². The van der Waals surface area contributed by atoms with Crippen LogP contribution in [0.4, 0.5) is 0 Å². The molecule has 0 unspecified atom stereocenters. The van der Waals surface area contributed by atoms with Crippen molar-refractivity contribution in [1.29, 1.82) is 1.43 Å². The molecule has 4 nitrogen and oxygen atoms in total. The van der Waals surface area contributed by atoms with E-state index < -0.39 is 0 Å². The summed E-state index contributed by atoms with van der Waals surface area (Å²) in [6.07, 6.45) is 0.250. The van der Waals surface area contributed by atoms with Gasteiger partial charge in [-0.15, -0.1) is 0 Å². The van der Waals surface area contributed by atoms with Crippen molar-refractivity contribution in [2.24, 2.45) is 0 Å². The van der Waals surface area contributed by atoms with Gasteiger partial charge in [0, 0.05) is 56.8 Å². The van der Waals surface area contributed by atoms with E-state index in [2.05, 4.69) is 5.11 Å². The number of hydrogen-bond acceptors (Lipinski definition) is 3. The summed E-state index contributed by atoms with van der Waals surface area (Å²) in [6.45, 7) is 0. The van der Waals surface area contributed by atoms with Crippen LogP contribution >= 0.6 is 0 Å². The first-order chi connectivity index (χ1) is 2.83. The van der Waals surface area contributed by atoms with Crippen LogP contribution < -0.4 is 0 Å². The number of carbonyl (C=O) groups excluding carboxylic acids is 2. The Hall–Kier alpha value is 0.936. The zero-order valence-electron chi connectivity index (χ0n) is 5.17. The van der Waals surface area contributed by atoms with Crippen molar-refractivity contribution in [3.8, 4) is 0 Å². The van der Waals surface area contributed by atoms with E-state index in [1.807, 2.05) is 0 Å². The van der Waals surface area contributed by atoms with Gasteiger partial charge in [-0.05, 0) is 0 Å². The van der Waals surface area contributed by atoms with E-state index in [1.54, 1.807) is 0 Å². The van der Waals surface area contributed by atoms with Crippen LogP contribution in [0.1, 0.15) is 0 Å². The minimum Gasteiger partial charge on any atom is -0.412 e. The fourth-order valence-electron chi connectivity index (χ4n) is 0. The van der Waals surface area contributed by atoms with Gasteiger partial charge in [0.15, 0.2) is 0 Å². The second-order valence-electron chi connectivity index (χ2n) is 0.0833. The molecule has 0 saturated heterocycles. The van der Waals surface area contributed by atoms with Gasteiger partial charge in [0.2, 0.25) is 1.43 Å². The van der Waals surface area contributed by atoms with Gasteiger partial charge in [0.25, 0.3) is 0 Å². The van der Waals surface area contributed by atoms with Crippen LogP contribution in [0.3, 0.4) is 0 Å². The van der Waals surface area contributed by atoms with E-state index >= 15 is 0 Å². The third-order valence-corrected chi connectivity index (χ3v) is 0. The van der Waals surface area contributed by atoms with E-state index in [0.717, 1.165) is 0 Å². The van der Waals surface area contributed by atoms with Gasteiger partial charge in [-0.1, -0.05) is 0 Å². The summed E-state index contributed by atoms with van der Waals surface area (Å²) >= 11 is 0. The summed E-state index contributed by atoms with van der Waals surface area (Å²) in [5.74, 6) is 0. The molecule has 0 heterocycles. The number of hydrogen-bond donors (Lipinski definition) is 1. The van der Waals surface area contributed by atoms with Crippen LogP contribution in [0.5, 0.6) is 0 Å². The maximum atomic E-state index is 8.12. The Morgan fingerprint density at radius 1 is 1.62 bits per heavy atom. The smallest absolute Gasteiger partial charge is 0.373 e. The molecule has 0 bridgehead atoms. The van der Waals surface area contributed by atoms with Crippen molar-refractivity contribution in [3.63, 3.8) is 0 Å². The number of aliphatic hydroxyl groups is 1. The molecule has 0 aliphatic heterocycles. The molecule has 0 aromatic rings. The van der Waals surface area contributed by atoms with E-state index in [9.17, 15) is 0 Å². The molecule has 8 heavy (non-hydrogen) atoms. The van der Waals surface area contributed by atoms with Crippen molar-refractivity contribution >= 4 is 6.15 Å². The van der Waals surface area contributed by atoms with Crippen LogP contribution in [0, 0.1) is 31.1 Å². The van der Waals surface area contributed by atoms with Crippen LogP contribution in [-0.4, -0.2) is 25.3 Å². The van der Waals surface area contributed by atoms with Gasteiger partial charge in [-0.2, -0.15) is 9.59 Å². The standard InChI is InChI=1S/CO2.CH4O.H2O.U.V/c2-1-3;1-2;;;/h;2H,1H3;1H2;;/i;2T;;;. The van der Waals surface area contributed by atoms with E-state index in [0.29, 0.717) is 0 Å². The van der Waals surface area contributed by atoms with E-state index in [4.69, 9.17) is 11.0 Å². The molecule has 0 amide bonds.